The molecule has 1 aromatic rings. The molecule has 1 aromatic carbocycles. The maximum Gasteiger partial charge on any atom is 0.391 e. The summed E-state index contributed by atoms with van der Waals surface area (Å²) < 4.78 is 36.1. The van der Waals surface area contributed by atoms with Gasteiger partial charge >= 0.3 is 6.18 Å². The zero-order valence-corrected chi connectivity index (χ0v) is 9.12. The fourth-order valence-electron chi connectivity index (χ4n) is 1.33. The highest BCUT2D eigenvalue weighted by molar-refractivity contribution is 5.46. The lowest BCUT2D eigenvalue weighted by Crippen LogP contribution is -2.14. The van der Waals surface area contributed by atoms with Gasteiger partial charge in [-0.2, -0.15) is 13.2 Å². The third-order valence-electron chi connectivity index (χ3n) is 2.22. The molecule has 0 aromatic heterocycles. The van der Waals surface area contributed by atoms with Crippen LogP contribution < -0.4 is 4.90 Å². The molecule has 90 valence electrons. The van der Waals surface area contributed by atoms with Crippen LogP contribution in [0.25, 0.3) is 0 Å². The molecular weight excluding hydrogens is 219 g/mol. The summed E-state index contributed by atoms with van der Waals surface area (Å²) in [5.41, 5.74) is 1.16. The van der Waals surface area contributed by atoms with Gasteiger partial charge in [0, 0.05) is 19.8 Å². The number of aliphatic hydroxyl groups excluding tert-OH is 1. The van der Waals surface area contributed by atoms with E-state index in [-0.39, 0.29) is 5.56 Å². The first-order valence-corrected chi connectivity index (χ1v) is 4.82. The number of aliphatic hydroxyl groups is 1. The summed E-state index contributed by atoms with van der Waals surface area (Å²) in [7, 11) is 3.67. The molecule has 0 saturated carbocycles. The molecule has 0 heterocycles. The third kappa shape index (κ3) is 3.73. The fraction of sp³-hybridized carbons (Fsp3) is 0.455. The van der Waals surface area contributed by atoms with Crippen LogP contribution in [0.3, 0.4) is 0 Å². The molecule has 1 atom stereocenters. The average molecular weight is 233 g/mol. The summed E-state index contributed by atoms with van der Waals surface area (Å²) in [5, 5.41) is 9.35. The van der Waals surface area contributed by atoms with Crippen molar-refractivity contribution in [2.24, 2.45) is 0 Å². The molecule has 0 amide bonds. The average Bonchev–Trinajstić information content (AvgIpc) is 2.15. The van der Waals surface area contributed by atoms with Crippen LogP contribution in [0.1, 0.15) is 18.1 Å². The number of hydrogen-bond acceptors (Lipinski definition) is 2. The van der Waals surface area contributed by atoms with Gasteiger partial charge < -0.3 is 10.0 Å². The van der Waals surface area contributed by atoms with Crippen LogP contribution >= 0.6 is 0 Å². The topological polar surface area (TPSA) is 23.5 Å². The summed E-state index contributed by atoms with van der Waals surface area (Å²) >= 11 is 0. The Kier molecular flexibility index (Phi) is 3.80. The molecule has 1 rings (SSSR count). The fourth-order valence-corrected chi connectivity index (χ4v) is 1.33. The summed E-state index contributed by atoms with van der Waals surface area (Å²) in [6.45, 7) is 0. The first kappa shape index (κ1) is 12.8. The molecule has 1 N–H and O–H groups in total. The normalized spacial score (nSPS) is 13.6. The van der Waals surface area contributed by atoms with E-state index in [9.17, 15) is 18.3 Å². The van der Waals surface area contributed by atoms with Crippen LogP contribution in [-0.2, 0) is 0 Å². The van der Waals surface area contributed by atoms with Crippen molar-refractivity contribution in [2.75, 3.05) is 19.0 Å². The maximum atomic E-state index is 12.0. The van der Waals surface area contributed by atoms with E-state index < -0.39 is 18.7 Å². The van der Waals surface area contributed by atoms with Gasteiger partial charge in [0.25, 0.3) is 0 Å². The third-order valence-corrected chi connectivity index (χ3v) is 2.22. The second-order valence-corrected chi connectivity index (χ2v) is 3.82. The second kappa shape index (κ2) is 4.74. The minimum absolute atomic E-state index is 0.280. The van der Waals surface area contributed by atoms with E-state index in [0.717, 1.165) is 5.69 Å². The molecule has 0 aliphatic carbocycles. The second-order valence-electron chi connectivity index (χ2n) is 3.82. The van der Waals surface area contributed by atoms with E-state index in [2.05, 4.69) is 0 Å². The maximum absolute atomic E-state index is 12.0. The summed E-state index contributed by atoms with van der Waals surface area (Å²) in [5.74, 6) is 0. The zero-order chi connectivity index (χ0) is 12.3. The predicted molar refractivity (Wildman–Crippen MR) is 56.4 cm³/mol. The first-order valence-electron chi connectivity index (χ1n) is 4.82. The number of alkyl halides is 3. The Labute approximate surface area is 92.3 Å². The van der Waals surface area contributed by atoms with Gasteiger partial charge in [0.1, 0.15) is 0 Å². The molecule has 0 radical (unpaired) electrons. The van der Waals surface area contributed by atoms with Gasteiger partial charge in [-0.05, 0) is 17.7 Å². The highest BCUT2D eigenvalue weighted by Crippen LogP contribution is 2.29. The Hall–Kier alpha value is -1.23. The molecule has 0 spiro atoms. The van der Waals surface area contributed by atoms with E-state index in [1.54, 1.807) is 12.1 Å². The van der Waals surface area contributed by atoms with Gasteiger partial charge in [0.2, 0.25) is 0 Å². The number of anilines is 1. The van der Waals surface area contributed by atoms with Crippen molar-refractivity contribution in [1.82, 2.24) is 0 Å². The van der Waals surface area contributed by atoms with Gasteiger partial charge in [-0.3, -0.25) is 0 Å². The van der Waals surface area contributed by atoms with Gasteiger partial charge in [-0.25, -0.2) is 0 Å². The van der Waals surface area contributed by atoms with Crippen LogP contribution in [-0.4, -0.2) is 25.4 Å². The zero-order valence-electron chi connectivity index (χ0n) is 9.12. The van der Waals surface area contributed by atoms with E-state index in [1.165, 1.54) is 12.1 Å². The highest BCUT2D eigenvalue weighted by Gasteiger charge is 2.31. The molecule has 5 heteroatoms. The minimum Gasteiger partial charge on any atom is -0.388 e. The van der Waals surface area contributed by atoms with Crippen molar-refractivity contribution < 1.29 is 18.3 Å². The van der Waals surface area contributed by atoms with Gasteiger partial charge in [-0.1, -0.05) is 12.1 Å². The Morgan fingerprint density at radius 1 is 1.19 bits per heavy atom. The van der Waals surface area contributed by atoms with Crippen molar-refractivity contribution in [3.8, 4) is 0 Å². The number of rotatable bonds is 3. The lowest BCUT2D eigenvalue weighted by Gasteiger charge is -2.16. The molecule has 2 nitrogen and oxygen atoms in total. The smallest absolute Gasteiger partial charge is 0.388 e. The van der Waals surface area contributed by atoms with Gasteiger partial charge in [0.15, 0.2) is 0 Å². The standard InChI is InChI=1S/C11H14F3NO/c1-15(2)9-5-3-8(4-6-9)10(16)7-11(12,13)14/h3-6,10,16H,7H2,1-2H3. The van der Waals surface area contributed by atoms with E-state index in [1.807, 2.05) is 19.0 Å². The Bertz CT molecular complexity index is 332. The monoisotopic (exact) mass is 233 g/mol. The van der Waals surface area contributed by atoms with Crippen LogP contribution in [0, 0.1) is 0 Å². The Morgan fingerprint density at radius 2 is 1.69 bits per heavy atom. The van der Waals surface area contributed by atoms with Crippen molar-refractivity contribution in [3.05, 3.63) is 29.8 Å². The number of hydrogen-bond donors (Lipinski definition) is 1. The molecular formula is C11H14F3NO. The predicted octanol–water partition coefficient (Wildman–Crippen LogP) is 2.74. The molecule has 0 bridgehead atoms. The number of halogens is 3. The van der Waals surface area contributed by atoms with Crippen molar-refractivity contribution in [3.63, 3.8) is 0 Å². The van der Waals surface area contributed by atoms with Crippen LogP contribution in [0.2, 0.25) is 0 Å². The van der Waals surface area contributed by atoms with Gasteiger partial charge in [-0.15, -0.1) is 0 Å². The number of nitrogens with zero attached hydrogens (tertiary/aromatic N) is 1. The lowest BCUT2D eigenvalue weighted by atomic mass is 10.1. The highest BCUT2D eigenvalue weighted by atomic mass is 19.4. The Balaban J connectivity index is 2.74. The van der Waals surface area contributed by atoms with E-state index in [0.29, 0.717) is 0 Å². The Morgan fingerprint density at radius 3 is 2.06 bits per heavy atom. The van der Waals surface area contributed by atoms with Crippen molar-refractivity contribution in [2.45, 2.75) is 18.7 Å². The number of benzene rings is 1. The van der Waals surface area contributed by atoms with Crippen molar-refractivity contribution >= 4 is 5.69 Å². The molecule has 0 saturated heterocycles. The van der Waals surface area contributed by atoms with Gasteiger partial charge in [0.05, 0.1) is 12.5 Å². The SMILES string of the molecule is CN(C)c1ccc(C(O)CC(F)(F)F)cc1. The summed E-state index contributed by atoms with van der Waals surface area (Å²) in [6.07, 6.45) is -7.05. The van der Waals surface area contributed by atoms with E-state index in [4.69, 9.17) is 0 Å². The van der Waals surface area contributed by atoms with Crippen LogP contribution in [0.4, 0.5) is 18.9 Å². The van der Waals surface area contributed by atoms with Crippen molar-refractivity contribution in [1.29, 1.82) is 0 Å². The van der Waals surface area contributed by atoms with Crippen LogP contribution in [0.5, 0.6) is 0 Å². The largest absolute Gasteiger partial charge is 0.391 e. The molecule has 0 fully saturated rings. The van der Waals surface area contributed by atoms with Crippen LogP contribution in [0.15, 0.2) is 24.3 Å². The van der Waals surface area contributed by atoms with E-state index >= 15 is 0 Å². The quantitative estimate of drug-likeness (QED) is 0.867. The molecule has 0 aliphatic rings. The lowest BCUT2D eigenvalue weighted by molar-refractivity contribution is -0.154. The first-order chi connectivity index (χ1) is 7.29. The molecule has 16 heavy (non-hydrogen) atoms. The summed E-state index contributed by atoms with van der Waals surface area (Å²) in [6, 6.07) is 6.36. The minimum atomic E-state index is -4.35. The molecule has 0 aliphatic heterocycles. The summed E-state index contributed by atoms with van der Waals surface area (Å²) in [4.78, 5) is 1.83. The molecule has 1 unspecified atom stereocenters.